The highest BCUT2D eigenvalue weighted by molar-refractivity contribution is 5.16. The fraction of sp³-hybridized carbons (Fsp3) is 0.667. The fourth-order valence-corrected chi connectivity index (χ4v) is 1.25. The van der Waals surface area contributed by atoms with Crippen LogP contribution < -0.4 is 0 Å². The number of aliphatic hydroxyl groups is 1. The molecule has 0 radical (unpaired) electrons. The van der Waals surface area contributed by atoms with Gasteiger partial charge in [-0.3, -0.25) is 0 Å². The van der Waals surface area contributed by atoms with Crippen LogP contribution in [0.2, 0.25) is 0 Å². The molecule has 0 aromatic heterocycles. The summed E-state index contributed by atoms with van der Waals surface area (Å²) in [5, 5.41) is 8.95. The molecule has 2 aliphatic rings. The van der Waals surface area contributed by atoms with Gasteiger partial charge in [0.1, 0.15) is 0 Å². The van der Waals surface area contributed by atoms with E-state index in [0.717, 1.165) is 5.92 Å². The van der Waals surface area contributed by atoms with Gasteiger partial charge in [-0.1, -0.05) is 12.2 Å². The Morgan fingerprint density at radius 1 is 1.43 bits per heavy atom. The van der Waals surface area contributed by atoms with Gasteiger partial charge in [0.2, 0.25) is 0 Å². The second-order valence-electron chi connectivity index (χ2n) is 2.44. The molecule has 1 heteroatoms. The van der Waals surface area contributed by atoms with Crippen LogP contribution in [0.25, 0.3) is 0 Å². The van der Waals surface area contributed by atoms with E-state index in [9.17, 15) is 0 Å². The molecular weight excluding hydrogens is 88.1 g/mol. The van der Waals surface area contributed by atoms with Crippen molar-refractivity contribution < 1.29 is 5.11 Å². The molecule has 3 atom stereocenters. The van der Waals surface area contributed by atoms with Crippen molar-refractivity contribution in [1.82, 2.24) is 0 Å². The van der Waals surface area contributed by atoms with Gasteiger partial charge in [-0.2, -0.15) is 0 Å². The van der Waals surface area contributed by atoms with E-state index < -0.39 is 0 Å². The predicted octanol–water partition coefficient (Wildman–Crippen LogP) is 0.553. The first-order valence-electron chi connectivity index (χ1n) is 2.74. The van der Waals surface area contributed by atoms with Crippen LogP contribution in [0, 0.1) is 11.8 Å². The van der Waals surface area contributed by atoms with Crippen LogP contribution in [0.4, 0.5) is 0 Å². The Labute approximate surface area is 42.7 Å². The summed E-state index contributed by atoms with van der Waals surface area (Å²) in [7, 11) is 0. The van der Waals surface area contributed by atoms with Crippen LogP contribution in [0.5, 0.6) is 0 Å². The summed E-state index contributed by atoms with van der Waals surface area (Å²) in [6, 6.07) is 0. The topological polar surface area (TPSA) is 20.2 Å². The summed E-state index contributed by atoms with van der Waals surface area (Å²) in [5.74, 6) is 1.38. The van der Waals surface area contributed by atoms with E-state index >= 15 is 0 Å². The maximum absolute atomic E-state index is 8.95. The molecule has 0 spiro atoms. The minimum absolute atomic E-state index is 0.0926. The smallest absolute Gasteiger partial charge is 0.0755 e. The molecule has 0 saturated heterocycles. The third kappa shape index (κ3) is 0.361. The minimum atomic E-state index is -0.0926. The number of hydrogen-bond acceptors (Lipinski definition) is 1. The van der Waals surface area contributed by atoms with Crippen molar-refractivity contribution in [3.05, 3.63) is 12.2 Å². The summed E-state index contributed by atoms with van der Waals surface area (Å²) in [6.45, 7) is 0. The minimum Gasteiger partial charge on any atom is -0.389 e. The zero-order chi connectivity index (χ0) is 4.85. The van der Waals surface area contributed by atoms with Gasteiger partial charge in [0.15, 0.2) is 0 Å². The summed E-state index contributed by atoms with van der Waals surface area (Å²) in [5.41, 5.74) is 0. The van der Waals surface area contributed by atoms with E-state index in [1.165, 1.54) is 6.42 Å². The van der Waals surface area contributed by atoms with Crippen LogP contribution in [-0.4, -0.2) is 11.2 Å². The van der Waals surface area contributed by atoms with Crippen LogP contribution in [0.15, 0.2) is 12.2 Å². The van der Waals surface area contributed by atoms with E-state index in [1.807, 2.05) is 6.08 Å². The molecule has 1 fully saturated rings. The van der Waals surface area contributed by atoms with Crippen LogP contribution >= 0.6 is 0 Å². The SMILES string of the molecule is OC1C=CC2CC12. The van der Waals surface area contributed by atoms with E-state index in [-0.39, 0.29) is 6.10 Å². The molecule has 1 N–H and O–H groups in total. The van der Waals surface area contributed by atoms with Gasteiger partial charge in [-0.25, -0.2) is 0 Å². The Bertz CT molecular complexity index is 117. The summed E-state index contributed by atoms with van der Waals surface area (Å²) in [4.78, 5) is 0. The maximum Gasteiger partial charge on any atom is 0.0755 e. The molecule has 3 unspecified atom stereocenters. The second-order valence-corrected chi connectivity index (χ2v) is 2.44. The van der Waals surface area contributed by atoms with Crippen LogP contribution in [-0.2, 0) is 0 Å². The lowest BCUT2D eigenvalue weighted by molar-refractivity contribution is 0.203. The molecule has 7 heavy (non-hydrogen) atoms. The van der Waals surface area contributed by atoms with Crippen molar-refractivity contribution in [2.45, 2.75) is 12.5 Å². The summed E-state index contributed by atoms with van der Waals surface area (Å²) >= 11 is 0. The highest BCUT2D eigenvalue weighted by Gasteiger charge is 2.43. The third-order valence-electron chi connectivity index (χ3n) is 1.89. The highest BCUT2D eigenvalue weighted by atomic mass is 16.3. The van der Waals surface area contributed by atoms with Crippen LogP contribution in [0.3, 0.4) is 0 Å². The average Bonchev–Trinajstić information content (AvgIpc) is 2.33. The van der Waals surface area contributed by atoms with Crippen molar-refractivity contribution in [3.8, 4) is 0 Å². The van der Waals surface area contributed by atoms with Gasteiger partial charge in [0.25, 0.3) is 0 Å². The van der Waals surface area contributed by atoms with Gasteiger partial charge >= 0.3 is 0 Å². The molecule has 0 aromatic rings. The molecule has 0 heterocycles. The number of fused-ring (bicyclic) bond motifs is 1. The molecule has 38 valence electrons. The molecule has 1 nitrogen and oxygen atoms in total. The third-order valence-corrected chi connectivity index (χ3v) is 1.89. The van der Waals surface area contributed by atoms with Gasteiger partial charge in [-0.05, 0) is 18.3 Å². The van der Waals surface area contributed by atoms with Crippen molar-refractivity contribution >= 4 is 0 Å². The Morgan fingerprint density at radius 3 is 2.43 bits per heavy atom. The largest absolute Gasteiger partial charge is 0.389 e. The summed E-state index contributed by atoms with van der Waals surface area (Å²) < 4.78 is 0. The number of hydrogen-bond donors (Lipinski definition) is 1. The van der Waals surface area contributed by atoms with Gasteiger partial charge < -0.3 is 5.11 Å². The van der Waals surface area contributed by atoms with Crippen LogP contribution in [0.1, 0.15) is 6.42 Å². The van der Waals surface area contributed by atoms with Gasteiger partial charge in [0, 0.05) is 0 Å². The van der Waals surface area contributed by atoms with Crippen molar-refractivity contribution in [3.63, 3.8) is 0 Å². The molecule has 0 bridgehead atoms. The molecule has 0 aromatic carbocycles. The van der Waals surface area contributed by atoms with Crippen molar-refractivity contribution in [2.24, 2.45) is 11.8 Å². The van der Waals surface area contributed by atoms with Gasteiger partial charge in [0.05, 0.1) is 6.10 Å². The highest BCUT2D eigenvalue weighted by Crippen LogP contribution is 2.46. The molecule has 0 aliphatic heterocycles. The average molecular weight is 96.1 g/mol. The normalized spacial score (nSPS) is 54.7. The zero-order valence-corrected chi connectivity index (χ0v) is 4.04. The van der Waals surface area contributed by atoms with Gasteiger partial charge in [-0.15, -0.1) is 0 Å². The second kappa shape index (κ2) is 0.920. The first-order chi connectivity index (χ1) is 3.38. The number of aliphatic hydroxyl groups excluding tert-OH is 1. The monoisotopic (exact) mass is 96.1 g/mol. The lowest BCUT2D eigenvalue weighted by Gasteiger charge is -1.93. The Hall–Kier alpha value is -0.300. The Balaban J connectivity index is 2.22. The van der Waals surface area contributed by atoms with Crippen molar-refractivity contribution in [2.75, 3.05) is 0 Å². The number of allylic oxidation sites excluding steroid dienone is 1. The molecule has 1 saturated carbocycles. The van der Waals surface area contributed by atoms with E-state index in [4.69, 9.17) is 5.11 Å². The first-order valence-corrected chi connectivity index (χ1v) is 2.74. The van der Waals surface area contributed by atoms with Crippen molar-refractivity contribution in [1.29, 1.82) is 0 Å². The Morgan fingerprint density at radius 2 is 2.29 bits per heavy atom. The first kappa shape index (κ1) is 3.67. The predicted molar refractivity (Wildman–Crippen MR) is 26.7 cm³/mol. The van der Waals surface area contributed by atoms with E-state index in [1.54, 1.807) is 0 Å². The molecular formula is C6H8O. The van der Waals surface area contributed by atoms with E-state index in [0.29, 0.717) is 5.92 Å². The lowest BCUT2D eigenvalue weighted by atomic mass is 10.3. The number of rotatable bonds is 0. The zero-order valence-electron chi connectivity index (χ0n) is 4.04. The Kier molecular flexibility index (Phi) is 0.482. The quantitative estimate of drug-likeness (QED) is 0.437. The summed E-state index contributed by atoms with van der Waals surface area (Å²) in [6.07, 6.45) is 5.16. The lowest BCUT2D eigenvalue weighted by Crippen LogP contribution is -2.00. The van der Waals surface area contributed by atoms with E-state index in [2.05, 4.69) is 6.08 Å². The standard InChI is InChI=1S/C6H8O/c7-6-2-1-4-3-5(4)6/h1-2,4-7H,3H2. The molecule has 2 aliphatic carbocycles. The fourth-order valence-electron chi connectivity index (χ4n) is 1.25. The maximum atomic E-state index is 8.95. The molecule has 2 rings (SSSR count). The molecule has 0 amide bonds.